The molecule has 92 valence electrons. The van der Waals surface area contributed by atoms with Gasteiger partial charge in [0.1, 0.15) is 5.82 Å². The van der Waals surface area contributed by atoms with Crippen LogP contribution < -0.4 is 5.73 Å². The quantitative estimate of drug-likeness (QED) is 0.632. The monoisotopic (exact) mass is 234 g/mol. The highest BCUT2D eigenvalue weighted by atomic mass is 19.1. The minimum atomic E-state index is -0.214. The third-order valence-corrected chi connectivity index (χ3v) is 3.36. The topological polar surface area (TPSA) is 38.4 Å². The van der Waals surface area contributed by atoms with Crippen molar-refractivity contribution in [1.82, 2.24) is 0 Å². The summed E-state index contributed by atoms with van der Waals surface area (Å²) in [6, 6.07) is 6.53. The van der Waals surface area contributed by atoms with Gasteiger partial charge in [0, 0.05) is 5.92 Å². The van der Waals surface area contributed by atoms with Crippen LogP contribution in [0.25, 0.3) is 0 Å². The fourth-order valence-corrected chi connectivity index (χ4v) is 2.35. The molecule has 0 bridgehead atoms. The number of hydrogen-bond acceptors (Lipinski definition) is 1. The number of rotatable bonds is 3. The van der Waals surface area contributed by atoms with Gasteiger partial charge in [0.25, 0.3) is 0 Å². The van der Waals surface area contributed by atoms with Crippen LogP contribution in [0, 0.1) is 11.7 Å². The second-order valence-electron chi connectivity index (χ2n) is 4.71. The molecular weight excluding hydrogens is 215 g/mol. The lowest BCUT2D eigenvalue weighted by Crippen LogP contribution is -2.25. The third-order valence-electron chi connectivity index (χ3n) is 3.36. The molecule has 0 saturated heterocycles. The highest BCUT2D eigenvalue weighted by Gasteiger charge is 2.16. The number of aliphatic imine (C=N–C) groups is 1. The van der Waals surface area contributed by atoms with Crippen LogP contribution in [0.4, 0.5) is 4.39 Å². The number of halogens is 1. The molecule has 0 spiro atoms. The summed E-state index contributed by atoms with van der Waals surface area (Å²) in [5, 5.41) is 0. The molecule has 3 heteroatoms. The summed E-state index contributed by atoms with van der Waals surface area (Å²) in [6.07, 6.45) is 6.12. The molecule has 0 unspecified atom stereocenters. The van der Waals surface area contributed by atoms with Gasteiger partial charge in [0.2, 0.25) is 0 Å². The predicted molar refractivity (Wildman–Crippen MR) is 68.3 cm³/mol. The molecule has 1 aliphatic rings. The van der Waals surface area contributed by atoms with E-state index in [9.17, 15) is 4.39 Å². The maximum absolute atomic E-state index is 13.0. The standard InChI is InChI=1S/C14H19FN2/c15-13-8-4-5-11(9-13)10-17-14(16)12-6-2-1-3-7-12/h4-5,8-9,12H,1-3,6-7,10H2,(H2,16,17). The Morgan fingerprint density at radius 1 is 1.29 bits per heavy atom. The van der Waals surface area contributed by atoms with Crippen molar-refractivity contribution in [3.63, 3.8) is 0 Å². The van der Waals surface area contributed by atoms with Gasteiger partial charge in [0.05, 0.1) is 12.4 Å². The molecule has 2 rings (SSSR count). The van der Waals surface area contributed by atoms with Gasteiger partial charge >= 0.3 is 0 Å². The van der Waals surface area contributed by atoms with E-state index in [-0.39, 0.29) is 5.82 Å². The number of nitrogens with two attached hydrogens (primary N) is 1. The Bertz CT molecular complexity index is 395. The second kappa shape index (κ2) is 5.80. The van der Waals surface area contributed by atoms with Gasteiger partial charge < -0.3 is 5.73 Å². The van der Waals surface area contributed by atoms with Crippen molar-refractivity contribution in [2.45, 2.75) is 38.6 Å². The second-order valence-corrected chi connectivity index (χ2v) is 4.71. The van der Waals surface area contributed by atoms with Crippen LogP contribution in [-0.2, 0) is 6.54 Å². The van der Waals surface area contributed by atoms with E-state index in [1.807, 2.05) is 6.07 Å². The van der Waals surface area contributed by atoms with Crippen molar-refractivity contribution >= 4 is 5.84 Å². The molecule has 1 aliphatic carbocycles. The molecule has 0 amide bonds. The normalized spacial score (nSPS) is 18.3. The van der Waals surface area contributed by atoms with Gasteiger partial charge in [0.15, 0.2) is 0 Å². The van der Waals surface area contributed by atoms with Crippen molar-refractivity contribution in [1.29, 1.82) is 0 Å². The lowest BCUT2D eigenvalue weighted by Gasteiger charge is -2.20. The average Bonchev–Trinajstić information content (AvgIpc) is 2.37. The maximum atomic E-state index is 13.0. The summed E-state index contributed by atoms with van der Waals surface area (Å²) < 4.78 is 13.0. The first-order valence-corrected chi connectivity index (χ1v) is 6.30. The lowest BCUT2D eigenvalue weighted by molar-refractivity contribution is 0.436. The molecule has 0 aliphatic heterocycles. The Balaban J connectivity index is 1.95. The van der Waals surface area contributed by atoms with Gasteiger partial charge in [-0.25, -0.2) is 4.39 Å². The molecule has 0 atom stereocenters. The first-order valence-electron chi connectivity index (χ1n) is 6.30. The van der Waals surface area contributed by atoms with Crippen LogP contribution in [0.1, 0.15) is 37.7 Å². The van der Waals surface area contributed by atoms with E-state index >= 15 is 0 Å². The summed E-state index contributed by atoms with van der Waals surface area (Å²) in [6.45, 7) is 0.486. The molecular formula is C14H19FN2. The highest BCUT2D eigenvalue weighted by molar-refractivity contribution is 5.82. The Hall–Kier alpha value is -1.38. The SMILES string of the molecule is NC(=NCc1cccc(F)c1)C1CCCCC1. The first-order chi connectivity index (χ1) is 8.25. The molecule has 0 radical (unpaired) electrons. The van der Waals surface area contributed by atoms with Crippen LogP contribution in [0.5, 0.6) is 0 Å². The molecule has 2 nitrogen and oxygen atoms in total. The van der Waals surface area contributed by atoms with Gasteiger partial charge in [-0.3, -0.25) is 4.99 Å². The van der Waals surface area contributed by atoms with E-state index < -0.39 is 0 Å². The molecule has 0 heterocycles. The lowest BCUT2D eigenvalue weighted by atomic mass is 9.88. The zero-order valence-electron chi connectivity index (χ0n) is 10.0. The van der Waals surface area contributed by atoms with Crippen LogP contribution in [0.15, 0.2) is 29.3 Å². The van der Waals surface area contributed by atoms with E-state index in [0.717, 1.165) is 24.2 Å². The van der Waals surface area contributed by atoms with E-state index in [2.05, 4.69) is 4.99 Å². The fourth-order valence-electron chi connectivity index (χ4n) is 2.35. The summed E-state index contributed by atoms with van der Waals surface area (Å²) in [7, 11) is 0. The smallest absolute Gasteiger partial charge is 0.123 e. The van der Waals surface area contributed by atoms with Crippen LogP contribution >= 0.6 is 0 Å². The number of benzene rings is 1. The first kappa shape index (κ1) is 12.1. The average molecular weight is 234 g/mol. The number of hydrogen-bond donors (Lipinski definition) is 1. The fraction of sp³-hybridized carbons (Fsp3) is 0.500. The summed E-state index contributed by atoms with van der Waals surface area (Å²) in [4.78, 5) is 4.39. The Labute approximate surface area is 102 Å². The van der Waals surface area contributed by atoms with Crippen LogP contribution in [-0.4, -0.2) is 5.84 Å². The van der Waals surface area contributed by atoms with Crippen LogP contribution in [0.3, 0.4) is 0 Å². The number of amidine groups is 1. The maximum Gasteiger partial charge on any atom is 0.123 e. The molecule has 2 N–H and O–H groups in total. The Kier molecular flexibility index (Phi) is 4.13. The van der Waals surface area contributed by atoms with Gasteiger partial charge in [-0.2, -0.15) is 0 Å². The van der Waals surface area contributed by atoms with Crippen molar-refractivity contribution in [3.05, 3.63) is 35.6 Å². The van der Waals surface area contributed by atoms with Gasteiger partial charge in [-0.1, -0.05) is 31.4 Å². The molecule has 1 aromatic rings. The molecule has 17 heavy (non-hydrogen) atoms. The van der Waals surface area contributed by atoms with Crippen molar-refractivity contribution < 1.29 is 4.39 Å². The van der Waals surface area contributed by atoms with Gasteiger partial charge in [-0.15, -0.1) is 0 Å². The third kappa shape index (κ3) is 3.55. The van der Waals surface area contributed by atoms with Crippen molar-refractivity contribution in [3.8, 4) is 0 Å². The van der Waals surface area contributed by atoms with Crippen molar-refractivity contribution in [2.24, 2.45) is 16.6 Å². The zero-order chi connectivity index (χ0) is 12.1. The summed E-state index contributed by atoms with van der Waals surface area (Å²) in [5.74, 6) is 0.972. The van der Waals surface area contributed by atoms with Crippen molar-refractivity contribution in [2.75, 3.05) is 0 Å². The Morgan fingerprint density at radius 3 is 2.76 bits per heavy atom. The zero-order valence-corrected chi connectivity index (χ0v) is 10.0. The molecule has 1 fully saturated rings. The van der Waals surface area contributed by atoms with E-state index in [4.69, 9.17) is 5.73 Å². The van der Waals surface area contributed by atoms with E-state index in [1.165, 1.54) is 31.4 Å². The minimum absolute atomic E-state index is 0.214. The van der Waals surface area contributed by atoms with E-state index in [0.29, 0.717) is 12.5 Å². The summed E-state index contributed by atoms with van der Waals surface area (Å²) >= 11 is 0. The minimum Gasteiger partial charge on any atom is -0.387 e. The molecule has 1 aromatic carbocycles. The van der Waals surface area contributed by atoms with Gasteiger partial charge in [-0.05, 0) is 30.5 Å². The number of nitrogens with zero attached hydrogens (tertiary/aromatic N) is 1. The van der Waals surface area contributed by atoms with Crippen LogP contribution in [0.2, 0.25) is 0 Å². The largest absolute Gasteiger partial charge is 0.387 e. The predicted octanol–water partition coefficient (Wildman–Crippen LogP) is 3.26. The Morgan fingerprint density at radius 2 is 2.06 bits per heavy atom. The highest BCUT2D eigenvalue weighted by Crippen LogP contribution is 2.23. The van der Waals surface area contributed by atoms with E-state index in [1.54, 1.807) is 6.07 Å². The summed E-state index contributed by atoms with van der Waals surface area (Å²) in [5.41, 5.74) is 6.87. The molecule has 0 aromatic heterocycles. The molecule has 1 saturated carbocycles.